The summed E-state index contributed by atoms with van der Waals surface area (Å²) in [5.41, 5.74) is 6.64. The summed E-state index contributed by atoms with van der Waals surface area (Å²) in [6.07, 6.45) is 2.78. The maximum absolute atomic E-state index is 11.1. The molecule has 16 heavy (non-hydrogen) atoms. The van der Waals surface area contributed by atoms with Crippen LogP contribution in [0.2, 0.25) is 0 Å². The van der Waals surface area contributed by atoms with E-state index in [0.717, 1.165) is 0 Å². The molecule has 1 rings (SSSR count). The third-order valence-electron chi connectivity index (χ3n) is 1.80. The van der Waals surface area contributed by atoms with E-state index < -0.39 is 5.97 Å². The van der Waals surface area contributed by atoms with Crippen molar-refractivity contribution in [2.75, 3.05) is 19.5 Å². The van der Waals surface area contributed by atoms with Crippen molar-refractivity contribution < 1.29 is 14.3 Å². The van der Waals surface area contributed by atoms with E-state index in [1.54, 1.807) is 19.1 Å². The smallest absolute Gasteiger partial charge is 0.330 e. The van der Waals surface area contributed by atoms with Gasteiger partial charge in [0.2, 0.25) is 5.88 Å². The summed E-state index contributed by atoms with van der Waals surface area (Å²) in [6.45, 7) is 2.08. The second-order valence-corrected chi connectivity index (χ2v) is 2.91. The van der Waals surface area contributed by atoms with Gasteiger partial charge in [0.05, 0.1) is 25.1 Å². The molecule has 0 spiro atoms. The number of nitrogens with zero attached hydrogens (tertiary/aromatic N) is 1. The monoisotopic (exact) mass is 222 g/mol. The first-order valence-corrected chi connectivity index (χ1v) is 4.82. The average molecular weight is 222 g/mol. The minimum absolute atomic E-state index is 0.337. The Morgan fingerprint density at radius 3 is 2.94 bits per heavy atom. The van der Waals surface area contributed by atoms with Gasteiger partial charge in [0.25, 0.3) is 0 Å². The molecule has 0 saturated carbocycles. The molecule has 0 aromatic carbocycles. The van der Waals surface area contributed by atoms with Crippen LogP contribution in [0.25, 0.3) is 6.08 Å². The van der Waals surface area contributed by atoms with Crippen LogP contribution in [0.4, 0.5) is 5.69 Å². The van der Waals surface area contributed by atoms with Gasteiger partial charge in [-0.2, -0.15) is 0 Å². The Balaban J connectivity index is 2.83. The molecule has 1 heterocycles. The van der Waals surface area contributed by atoms with Crippen molar-refractivity contribution >= 4 is 17.7 Å². The molecule has 0 aliphatic heterocycles. The zero-order valence-electron chi connectivity index (χ0n) is 9.27. The minimum Gasteiger partial charge on any atom is -0.481 e. The fourth-order valence-corrected chi connectivity index (χ4v) is 1.05. The highest BCUT2D eigenvalue weighted by atomic mass is 16.5. The van der Waals surface area contributed by atoms with Crippen molar-refractivity contribution in [1.29, 1.82) is 0 Å². The number of methoxy groups -OCH3 is 1. The van der Waals surface area contributed by atoms with Gasteiger partial charge < -0.3 is 15.2 Å². The molecule has 0 saturated heterocycles. The van der Waals surface area contributed by atoms with Crippen LogP contribution in [-0.4, -0.2) is 24.7 Å². The number of aromatic nitrogens is 1. The number of nitrogens with two attached hydrogens (primary N) is 1. The van der Waals surface area contributed by atoms with Crippen LogP contribution < -0.4 is 10.5 Å². The lowest BCUT2D eigenvalue weighted by Gasteiger charge is -2.02. The number of carbonyl (C=O) groups excluding carboxylic acids is 1. The van der Waals surface area contributed by atoms with Crippen molar-refractivity contribution in [1.82, 2.24) is 4.98 Å². The molecule has 1 aromatic rings. The summed E-state index contributed by atoms with van der Waals surface area (Å²) in [4.78, 5) is 15.2. The van der Waals surface area contributed by atoms with Crippen LogP contribution in [0.15, 0.2) is 18.2 Å². The Bertz CT molecular complexity index is 402. The lowest BCUT2D eigenvalue weighted by Crippen LogP contribution is -2.00. The minimum atomic E-state index is -0.425. The van der Waals surface area contributed by atoms with Gasteiger partial charge in [-0.25, -0.2) is 9.78 Å². The van der Waals surface area contributed by atoms with Gasteiger partial charge in [-0.3, -0.25) is 0 Å². The number of pyridine rings is 1. The maximum Gasteiger partial charge on any atom is 0.330 e. The summed E-state index contributed by atoms with van der Waals surface area (Å²) in [7, 11) is 1.51. The predicted octanol–water partition coefficient (Wildman–Crippen LogP) is 1.25. The number of anilines is 1. The fraction of sp³-hybridized carbons (Fsp3) is 0.273. The van der Waals surface area contributed by atoms with E-state index in [-0.39, 0.29) is 0 Å². The molecule has 0 amide bonds. The molecule has 2 N–H and O–H groups in total. The molecule has 0 fully saturated rings. The number of hydrogen-bond donors (Lipinski definition) is 1. The first-order valence-electron chi connectivity index (χ1n) is 4.82. The van der Waals surface area contributed by atoms with Crippen LogP contribution in [0.1, 0.15) is 12.6 Å². The van der Waals surface area contributed by atoms with E-state index >= 15 is 0 Å². The summed E-state index contributed by atoms with van der Waals surface area (Å²) in [5, 5.41) is 0. The van der Waals surface area contributed by atoms with Gasteiger partial charge in [-0.1, -0.05) is 0 Å². The number of rotatable bonds is 4. The van der Waals surface area contributed by atoms with Crippen molar-refractivity contribution in [3.63, 3.8) is 0 Å². The molecule has 1 aromatic heterocycles. The Labute approximate surface area is 93.9 Å². The lowest BCUT2D eigenvalue weighted by molar-refractivity contribution is -0.137. The average Bonchev–Trinajstić information content (AvgIpc) is 2.28. The molecule has 0 bridgehead atoms. The van der Waals surface area contributed by atoms with E-state index in [4.69, 9.17) is 15.2 Å². The number of hydrogen-bond acceptors (Lipinski definition) is 5. The van der Waals surface area contributed by atoms with Crippen molar-refractivity contribution in [2.45, 2.75) is 6.92 Å². The molecule has 0 unspecified atom stereocenters. The van der Waals surface area contributed by atoms with Crippen molar-refractivity contribution in [3.05, 3.63) is 23.9 Å². The first kappa shape index (κ1) is 12.0. The van der Waals surface area contributed by atoms with E-state index in [1.165, 1.54) is 19.3 Å². The van der Waals surface area contributed by atoms with Gasteiger partial charge >= 0.3 is 5.97 Å². The standard InChI is InChI=1S/C11H14N2O3/c1-3-16-11(14)7-5-9-8(12)4-6-10(13-9)15-2/h4-7H,3,12H2,1-2H3/b7-5+. The topological polar surface area (TPSA) is 74.4 Å². The van der Waals surface area contributed by atoms with Crippen LogP contribution >= 0.6 is 0 Å². The molecule has 5 nitrogen and oxygen atoms in total. The third kappa shape index (κ3) is 3.27. The van der Waals surface area contributed by atoms with E-state index in [2.05, 4.69) is 4.98 Å². The van der Waals surface area contributed by atoms with Crippen LogP contribution in [0, 0.1) is 0 Å². The molecule has 5 heteroatoms. The largest absolute Gasteiger partial charge is 0.481 e. The number of nitrogen functional groups attached to an aromatic ring is 1. The van der Waals surface area contributed by atoms with Crippen molar-refractivity contribution in [3.8, 4) is 5.88 Å². The Hall–Kier alpha value is -2.04. The van der Waals surface area contributed by atoms with Gasteiger partial charge in [0.1, 0.15) is 0 Å². The lowest BCUT2D eigenvalue weighted by atomic mass is 10.3. The number of esters is 1. The predicted molar refractivity (Wildman–Crippen MR) is 60.9 cm³/mol. The second-order valence-electron chi connectivity index (χ2n) is 2.91. The van der Waals surface area contributed by atoms with E-state index in [0.29, 0.717) is 23.9 Å². The quantitative estimate of drug-likeness (QED) is 0.613. The molecule has 0 aliphatic carbocycles. The summed E-state index contributed by atoms with van der Waals surface area (Å²) in [5.74, 6) is 0.0178. The highest BCUT2D eigenvalue weighted by molar-refractivity contribution is 5.87. The van der Waals surface area contributed by atoms with Crippen LogP contribution in [0.3, 0.4) is 0 Å². The fourth-order valence-electron chi connectivity index (χ4n) is 1.05. The van der Waals surface area contributed by atoms with E-state index in [1.807, 2.05) is 0 Å². The Kier molecular flexibility index (Phi) is 4.32. The third-order valence-corrected chi connectivity index (χ3v) is 1.80. The Morgan fingerprint density at radius 2 is 2.31 bits per heavy atom. The highest BCUT2D eigenvalue weighted by Crippen LogP contribution is 2.15. The molecule has 0 atom stereocenters. The second kappa shape index (κ2) is 5.75. The number of carbonyl (C=O) groups is 1. The number of ether oxygens (including phenoxy) is 2. The van der Waals surface area contributed by atoms with Gasteiger partial charge in [0, 0.05) is 12.1 Å². The van der Waals surface area contributed by atoms with Crippen LogP contribution in [-0.2, 0) is 9.53 Å². The zero-order valence-corrected chi connectivity index (χ0v) is 9.27. The molecule has 0 radical (unpaired) electrons. The SMILES string of the molecule is CCOC(=O)/C=C/c1nc(OC)ccc1N. The van der Waals surface area contributed by atoms with Crippen LogP contribution in [0.5, 0.6) is 5.88 Å². The van der Waals surface area contributed by atoms with Gasteiger partial charge in [0.15, 0.2) is 0 Å². The normalized spacial score (nSPS) is 10.4. The van der Waals surface area contributed by atoms with Crippen molar-refractivity contribution in [2.24, 2.45) is 0 Å². The van der Waals surface area contributed by atoms with Gasteiger partial charge in [-0.15, -0.1) is 0 Å². The molecule has 86 valence electrons. The summed E-state index contributed by atoms with van der Waals surface area (Å²) in [6, 6.07) is 3.31. The maximum atomic E-state index is 11.1. The molecule has 0 aliphatic rings. The van der Waals surface area contributed by atoms with Gasteiger partial charge in [-0.05, 0) is 19.1 Å². The molecular formula is C11H14N2O3. The molecular weight excluding hydrogens is 208 g/mol. The zero-order chi connectivity index (χ0) is 12.0. The van der Waals surface area contributed by atoms with E-state index in [9.17, 15) is 4.79 Å². The highest BCUT2D eigenvalue weighted by Gasteiger charge is 2.01. The summed E-state index contributed by atoms with van der Waals surface area (Å²) >= 11 is 0. The Morgan fingerprint density at radius 1 is 1.56 bits per heavy atom. The summed E-state index contributed by atoms with van der Waals surface area (Å²) < 4.78 is 9.68. The first-order chi connectivity index (χ1) is 7.67.